The number of sulfonamides is 1. The molecule has 0 aliphatic heterocycles. The van der Waals surface area contributed by atoms with Gasteiger partial charge in [-0.3, -0.25) is 14.3 Å². The van der Waals surface area contributed by atoms with E-state index >= 15 is 0 Å². The summed E-state index contributed by atoms with van der Waals surface area (Å²) in [5.74, 6) is -2.76. The first kappa shape index (κ1) is 20.7. The lowest BCUT2D eigenvalue weighted by molar-refractivity contribution is -0.142. The number of Topliss-reactive ketones (excluding diaryl/α,β-unsaturated/α-hetero) is 1. The molecule has 2 rings (SSSR count). The highest BCUT2D eigenvalue weighted by atomic mass is 32.2. The van der Waals surface area contributed by atoms with Crippen LogP contribution in [0.3, 0.4) is 0 Å². The van der Waals surface area contributed by atoms with E-state index in [9.17, 15) is 31.2 Å². The number of ether oxygens (including phenoxy) is 1. The first-order valence-electron chi connectivity index (χ1n) is 7.74. The van der Waals surface area contributed by atoms with Crippen molar-refractivity contribution < 1.29 is 35.9 Å². The first-order chi connectivity index (χ1) is 12.5. The van der Waals surface area contributed by atoms with Crippen molar-refractivity contribution in [3.63, 3.8) is 0 Å². The van der Waals surface area contributed by atoms with Crippen LogP contribution in [0.2, 0.25) is 0 Å². The van der Waals surface area contributed by atoms with Gasteiger partial charge in [-0.15, -0.1) is 0 Å². The second-order valence-corrected chi connectivity index (χ2v) is 7.53. The van der Waals surface area contributed by atoms with Crippen LogP contribution in [0.4, 0.5) is 18.9 Å². The van der Waals surface area contributed by atoms with Gasteiger partial charge in [-0.25, -0.2) is 8.42 Å². The Morgan fingerprint density at radius 3 is 2.52 bits per heavy atom. The SMILES string of the molecule is COC(=O)CCC(=O)Cn1ccc2ccc(NS(=O)(=O)CC(F)(F)F)cc21. The number of carbonyl (C=O) groups excluding carboxylic acids is 2. The van der Waals surface area contributed by atoms with Crippen LogP contribution in [0.5, 0.6) is 0 Å². The number of alkyl halides is 3. The number of nitrogens with one attached hydrogen (secondary N) is 1. The van der Waals surface area contributed by atoms with Gasteiger partial charge in [0.2, 0.25) is 10.0 Å². The predicted molar refractivity (Wildman–Crippen MR) is 91.7 cm³/mol. The Bertz CT molecular complexity index is 951. The highest BCUT2D eigenvalue weighted by Gasteiger charge is 2.35. The zero-order valence-electron chi connectivity index (χ0n) is 14.2. The molecular formula is C16H17F3N2O5S. The van der Waals surface area contributed by atoms with Crippen molar-refractivity contribution in [1.29, 1.82) is 0 Å². The van der Waals surface area contributed by atoms with Crippen LogP contribution in [0.1, 0.15) is 12.8 Å². The number of aromatic nitrogens is 1. The Kier molecular flexibility index (Phi) is 6.14. The fourth-order valence-electron chi connectivity index (χ4n) is 2.43. The Labute approximate surface area is 153 Å². The van der Waals surface area contributed by atoms with Gasteiger partial charge in [-0.1, -0.05) is 6.07 Å². The van der Waals surface area contributed by atoms with Crippen molar-refractivity contribution >= 4 is 38.4 Å². The molecule has 0 saturated carbocycles. The molecule has 0 aliphatic rings. The topological polar surface area (TPSA) is 94.5 Å². The molecular weight excluding hydrogens is 389 g/mol. The lowest BCUT2D eigenvalue weighted by Gasteiger charge is -2.11. The summed E-state index contributed by atoms with van der Waals surface area (Å²) in [7, 11) is -3.39. The van der Waals surface area contributed by atoms with Crippen LogP contribution < -0.4 is 4.72 Å². The molecule has 0 bridgehead atoms. The molecule has 0 aliphatic carbocycles. The molecule has 0 fully saturated rings. The van der Waals surface area contributed by atoms with Crippen LogP contribution in [-0.4, -0.2) is 43.8 Å². The molecule has 1 aromatic carbocycles. The molecule has 0 atom stereocenters. The third-order valence-corrected chi connectivity index (χ3v) is 4.84. The number of nitrogens with zero attached hydrogens (tertiary/aromatic N) is 1. The van der Waals surface area contributed by atoms with E-state index in [-0.39, 0.29) is 30.9 Å². The lowest BCUT2D eigenvalue weighted by Crippen LogP contribution is -2.27. The van der Waals surface area contributed by atoms with E-state index < -0.39 is 27.9 Å². The molecule has 0 amide bonds. The molecule has 1 heterocycles. The van der Waals surface area contributed by atoms with Crippen LogP contribution >= 0.6 is 0 Å². The molecule has 1 aromatic heterocycles. The summed E-state index contributed by atoms with van der Waals surface area (Å²) >= 11 is 0. The van der Waals surface area contributed by atoms with Crippen molar-refractivity contribution in [1.82, 2.24) is 4.57 Å². The van der Waals surface area contributed by atoms with Crippen molar-refractivity contribution in [3.05, 3.63) is 30.5 Å². The number of hydrogen-bond donors (Lipinski definition) is 1. The molecule has 1 N–H and O–H groups in total. The molecule has 0 saturated heterocycles. The maximum absolute atomic E-state index is 12.3. The highest BCUT2D eigenvalue weighted by molar-refractivity contribution is 7.92. The van der Waals surface area contributed by atoms with Crippen LogP contribution in [0.15, 0.2) is 30.5 Å². The first-order valence-corrected chi connectivity index (χ1v) is 9.39. The maximum atomic E-state index is 12.3. The Balaban J connectivity index is 2.16. The van der Waals surface area contributed by atoms with Gasteiger partial charge in [0.05, 0.1) is 31.3 Å². The molecule has 11 heteroatoms. The third-order valence-electron chi connectivity index (χ3n) is 3.58. The third kappa shape index (κ3) is 6.27. The van der Waals surface area contributed by atoms with E-state index in [1.165, 1.54) is 29.9 Å². The van der Waals surface area contributed by atoms with Crippen molar-refractivity contribution in [2.24, 2.45) is 0 Å². The number of methoxy groups -OCH3 is 1. The molecule has 0 unspecified atom stereocenters. The second kappa shape index (κ2) is 7.99. The van der Waals surface area contributed by atoms with Gasteiger partial charge in [0.1, 0.15) is 0 Å². The molecule has 2 aromatic rings. The number of rotatable bonds is 8. The Hall–Kier alpha value is -2.56. The number of anilines is 1. The van der Waals surface area contributed by atoms with Crippen molar-refractivity contribution in [2.45, 2.75) is 25.6 Å². The summed E-state index contributed by atoms with van der Waals surface area (Å²) in [6.07, 6.45) is -3.35. The van der Waals surface area contributed by atoms with E-state index in [4.69, 9.17) is 0 Å². The van der Waals surface area contributed by atoms with E-state index in [0.29, 0.717) is 10.9 Å². The monoisotopic (exact) mass is 406 g/mol. The summed E-state index contributed by atoms with van der Waals surface area (Å²) in [4.78, 5) is 23.1. The van der Waals surface area contributed by atoms with Crippen LogP contribution in [0.25, 0.3) is 10.9 Å². The number of carbonyl (C=O) groups is 2. The minimum atomic E-state index is -4.86. The molecule has 0 radical (unpaired) electrons. The lowest BCUT2D eigenvalue weighted by atomic mass is 10.2. The van der Waals surface area contributed by atoms with Gasteiger partial charge in [-0.2, -0.15) is 13.2 Å². The zero-order chi connectivity index (χ0) is 20.2. The average Bonchev–Trinajstić information content (AvgIpc) is 2.92. The maximum Gasteiger partial charge on any atom is 0.404 e. The molecule has 148 valence electrons. The number of halogens is 3. The minimum Gasteiger partial charge on any atom is -0.469 e. The van der Waals surface area contributed by atoms with Gasteiger partial charge < -0.3 is 9.30 Å². The van der Waals surface area contributed by atoms with Gasteiger partial charge in [0, 0.05) is 12.6 Å². The number of esters is 1. The second-order valence-electron chi connectivity index (χ2n) is 5.81. The fraction of sp³-hybridized carbons (Fsp3) is 0.375. The van der Waals surface area contributed by atoms with Gasteiger partial charge >= 0.3 is 12.1 Å². The standard InChI is InChI=1S/C16H17F3N2O5S/c1-26-15(23)5-4-13(22)9-21-7-6-11-2-3-12(8-14(11)21)20-27(24,25)10-16(17,18)19/h2-3,6-8,20H,4-5,9-10H2,1H3. The number of fused-ring (bicyclic) bond motifs is 1. The van der Waals surface area contributed by atoms with E-state index in [1.807, 2.05) is 4.72 Å². The van der Waals surface area contributed by atoms with Gasteiger partial charge in [0.25, 0.3) is 0 Å². The van der Waals surface area contributed by atoms with E-state index in [2.05, 4.69) is 4.74 Å². The molecule has 7 nitrogen and oxygen atoms in total. The van der Waals surface area contributed by atoms with E-state index in [1.54, 1.807) is 12.3 Å². The predicted octanol–water partition coefficient (Wildman–Crippen LogP) is 2.47. The summed E-state index contributed by atoms with van der Waals surface area (Å²) in [5, 5.41) is 0.675. The fourth-order valence-corrected chi connectivity index (χ4v) is 3.42. The molecule has 27 heavy (non-hydrogen) atoms. The van der Waals surface area contributed by atoms with Gasteiger partial charge in [-0.05, 0) is 23.6 Å². The highest BCUT2D eigenvalue weighted by Crippen LogP contribution is 2.23. The molecule has 0 spiro atoms. The van der Waals surface area contributed by atoms with E-state index in [0.717, 1.165) is 0 Å². The largest absolute Gasteiger partial charge is 0.469 e. The normalized spacial score (nSPS) is 12.1. The Morgan fingerprint density at radius 2 is 1.89 bits per heavy atom. The summed E-state index contributed by atoms with van der Waals surface area (Å²) in [5.41, 5.74) is 0.419. The summed E-state index contributed by atoms with van der Waals surface area (Å²) in [6.45, 7) is -0.0702. The zero-order valence-corrected chi connectivity index (χ0v) is 15.1. The van der Waals surface area contributed by atoms with Crippen LogP contribution in [-0.2, 0) is 30.9 Å². The Morgan fingerprint density at radius 1 is 1.19 bits per heavy atom. The number of hydrogen-bond acceptors (Lipinski definition) is 5. The number of benzene rings is 1. The minimum absolute atomic E-state index is 0.0236. The average molecular weight is 406 g/mol. The van der Waals surface area contributed by atoms with Crippen molar-refractivity contribution in [2.75, 3.05) is 17.6 Å². The summed E-state index contributed by atoms with van der Waals surface area (Å²) in [6, 6.07) is 5.88. The summed E-state index contributed by atoms with van der Waals surface area (Å²) < 4.78 is 68.0. The van der Waals surface area contributed by atoms with Gasteiger partial charge in [0.15, 0.2) is 11.5 Å². The smallest absolute Gasteiger partial charge is 0.404 e. The van der Waals surface area contributed by atoms with Crippen molar-refractivity contribution in [3.8, 4) is 0 Å². The number of ketones is 1. The van der Waals surface area contributed by atoms with Crippen LogP contribution in [0, 0.1) is 0 Å². The quantitative estimate of drug-likeness (QED) is 0.680.